The highest BCUT2D eigenvalue weighted by Crippen LogP contribution is 2.41. The lowest BCUT2D eigenvalue weighted by molar-refractivity contribution is -0.138. The topological polar surface area (TPSA) is 119 Å². The van der Waals surface area contributed by atoms with Crippen LogP contribution in [0.3, 0.4) is 0 Å². The minimum absolute atomic E-state index is 0.0237. The molecule has 0 aromatic carbocycles. The molecule has 0 aromatic heterocycles. The summed E-state index contributed by atoms with van der Waals surface area (Å²) in [4.78, 5) is 42.3. The second-order valence-electron chi connectivity index (χ2n) is 5.63. The van der Waals surface area contributed by atoms with Crippen LogP contribution in [0.4, 0.5) is 0 Å². The van der Waals surface area contributed by atoms with Crippen LogP contribution in [0, 0.1) is 0 Å². The first-order valence-corrected chi connectivity index (χ1v) is 9.20. The summed E-state index contributed by atoms with van der Waals surface area (Å²) in [7, 11) is -3.57. The molecule has 0 saturated carbocycles. The smallest absolute Gasteiger partial charge is 0.469 e. The zero-order valence-corrected chi connectivity index (χ0v) is 15.5. The van der Waals surface area contributed by atoms with Gasteiger partial charge in [-0.3, -0.25) is 9.32 Å². The van der Waals surface area contributed by atoms with E-state index in [4.69, 9.17) is 14.5 Å². The average molecular weight is 374 g/mol. The predicted molar refractivity (Wildman–Crippen MR) is 89.3 cm³/mol. The summed E-state index contributed by atoms with van der Waals surface area (Å²) < 4.78 is 25.7. The maximum absolute atomic E-state index is 12.6. The molecule has 0 amide bonds. The molecule has 9 heteroatoms. The average Bonchev–Trinajstić information content (AvgIpc) is 2.72. The van der Waals surface area contributed by atoms with Crippen molar-refractivity contribution in [3.05, 3.63) is 35.6 Å². The van der Waals surface area contributed by atoms with E-state index in [1.54, 1.807) is 12.2 Å². The van der Waals surface area contributed by atoms with Gasteiger partial charge in [-0.1, -0.05) is 25.2 Å². The fraction of sp³-hybridized carbons (Fsp3) is 0.500. The van der Waals surface area contributed by atoms with Gasteiger partial charge < -0.3 is 19.3 Å². The van der Waals surface area contributed by atoms with Crippen LogP contribution in [0.2, 0.25) is 0 Å². The van der Waals surface area contributed by atoms with Crippen LogP contribution in [0.5, 0.6) is 0 Å². The minimum Gasteiger partial charge on any atom is -0.478 e. The van der Waals surface area contributed by atoms with Gasteiger partial charge in [-0.25, -0.2) is 9.36 Å². The fourth-order valence-electron chi connectivity index (χ4n) is 2.28. The van der Waals surface area contributed by atoms with Crippen molar-refractivity contribution in [2.45, 2.75) is 45.3 Å². The second-order valence-corrected chi connectivity index (χ2v) is 6.83. The van der Waals surface area contributed by atoms with E-state index in [1.807, 2.05) is 13.0 Å². The summed E-state index contributed by atoms with van der Waals surface area (Å²) in [5, 5.41) is 0. The molecule has 2 N–H and O–H groups in total. The van der Waals surface area contributed by atoms with Gasteiger partial charge in [-0.05, 0) is 26.3 Å². The van der Waals surface area contributed by atoms with Gasteiger partial charge in [0.05, 0.1) is 13.2 Å². The Hall–Kier alpha value is -1.73. The fourth-order valence-corrected chi connectivity index (χ4v) is 2.82. The Labute approximate surface area is 146 Å². The van der Waals surface area contributed by atoms with Gasteiger partial charge in [0, 0.05) is 6.42 Å². The van der Waals surface area contributed by atoms with Crippen molar-refractivity contribution < 1.29 is 37.9 Å². The van der Waals surface area contributed by atoms with E-state index >= 15 is 0 Å². The minimum atomic E-state index is -4.70. The number of allylic oxidation sites excluding steroid dienone is 3. The van der Waals surface area contributed by atoms with Crippen LogP contribution in [0.25, 0.3) is 0 Å². The second kappa shape index (κ2) is 8.58. The molecule has 0 spiro atoms. The molecule has 0 aromatic rings. The Kier molecular flexibility index (Phi) is 7.31. The lowest BCUT2D eigenvalue weighted by Crippen LogP contribution is -2.33. The molecule has 140 valence electrons. The first-order valence-electron chi connectivity index (χ1n) is 7.67. The molecular formula is C16H23O8P. The number of phosphoric ester groups is 1. The lowest BCUT2D eigenvalue weighted by atomic mass is 9.95. The van der Waals surface area contributed by atoms with E-state index in [1.165, 1.54) is 19.9 Å². The van der Waals surface area contributed by atoms with Gasteiger partial charge >= 0.3 is 13.8 Å². The summed E-state index contributed by atoms with van der Waals surface area (Å²) in [6.45, 7) is 4.85. The van der Waals surface area contributed by atoms with Gasteiger partial charge in [-0.15, -0.1) is 0 Å². The van der Waals surface area contributed by atoms with Crippen LogP contribution in [0.15, 0.2) is 35.6 Å². The molecule has 2 atom stereocenters. The molecule has 0 aliphatic carbocycles. The zero-order valence-electron chi connectivity index (χ0n) is 14.6. The standard InChI is InChI=1S/C16H23O8P/c1-5-6-7-8-9-16(3)14(17)13(15(18)22-4)12(23-16)10-11(2)24-25(19,20)21/h6-9,11H,5,10H2,1-4H3,(H2,19,20,21)/b7-6+,9-8+. The van der Waals surface area contributed by atoms with E-state index in [2.05, 4.69) is 9.26 Å². The molecule has 25 heavy (non-hydrogen) atoms. The van der Waals surface area contributed by atoms with E-state index < -0.39 is 31.3 Å². The molecule has 1 heterocycles. The van der Waals surface area contributed by atoms with Crippen molar-refractivity contribution in [3.8, 4) is 0 Å². The van der Waals surface area contributed by atoms with Gasteiger partial charge in [0.2, 0.25) is 5.78 Å². The first kappa shape index (κ1) is 21.3. The van der Waals surface area contributed by atoms with Crippen molar-refractivity contribution >= 4 is 19.6 Å². The van der Waals surface area contributed by atoms with Crippen LogP contribution in [-0.2, 0) is 28.2 Å². The number of Topliss-reactive ketones (excluding diaryl/α,β-unsaturated/α-hetero) is 1. The monoisotopic (exact) mass is 374 g/mol. The van der Waals surface area contributed by atoms with Gasteiger partial charge in [0.15, 0.2) is 5.60 Å². The van der Waals surface area contributed by atoms with Gasteiger partial charge in [0.25, 0.3) is 0 Å². The number of carbonyl (C=O) groups excluding carboxylic acids is 2. The highest BCUT2D eigenvalue weighted by atomic mass is 31.2. The molecule has 1 aliphatic rings. The van der Waals surface area contributed by atoms with E-state index in [0.717, 1.165) is 13.5 Å². The number of carbonyl (C=O) groups is 2. The van der Waals surface area contributed by atoms with Crippen molar-refractivity contribution in [1.82, 2.24) is 0 Å². The zero-order chi connectivity index (χ0) is 19.3. The Morgan fingerprint density at radius 3 is 2.56 bits per heavy atom. The normalized spacial score (nSPS) is 22.7. The maximum atomic E-state index is 12.6. The van der Waals surface area contributed by atoms with Crippen molar-refractivity contribution in [2.75, 3.05) is 7.11 Å². The maximum Gasteiger partial charge on any atom is 0.469 e. The van der Waals surface area contributed by atoms with E-state index in [0.29, 0.717) is 0 Å². The largest absolute Gasteiger partial charge is 0.478 e. The molecule has 8 nitrogen and oxygen atoms in total. The van der Waals surface area contributed by atoms with Crippen molar-refractivity contribution in [2.24, 2.45) is 0 Å². The molecule has 0 radical (unpaired) electrons. The third-order valence-corrected chi connectivity index (χ3v) is 4.00. The van der Waals surface area contributed by atoms with Gasteiger partial charge in [0.1, 0.15) is 11.3 Å². The number of phosphoric acid groups is 1. The highest BCUT2D eigenvalue weighted by Gasteiger charge is 2.47. The summed E-state index contributed by atoms with van der Waals surface area (Å²) in [5.41, 5.74) is -1.69. The Bertz CT molecular complexity index is 657. The summed E-state index contributed by atoms with van der Waals surface area (Å²) in [5.74, 6) is -1.48. The van der Waals surface area contributed by atoms with Crippen molar-refractivity contribution in [3.63, 3.8) is 0 Å². The molecule has 0 bridgehead atoms. The number of rotatable bonds is 8. The molecular weight excluding hydrogens is 351 g/mol. The Balaban J connectivity index is 3.09. The van der Waals surface area contributed by atoms with Crippen LogP contribution < -0.4 is 0 Å². The SMILES string of the molecule is CC/C=C/C=C/C1(C)OC(CC(C)OP(=O)(O)O)=C(C(=O)OC)C1=O. The number of ether oxygens (including phenoxy) is 2. The van der Waals surface area contributed by atoms with E-state index in [9.17, 15) is 14.2 Å². The Morgan fingerprint density at radius 2 is 2.04 bits per heavy atom. The molecule has 2 unspecified atom stereocenters. The molecule has 0 fully saturated rings. The number of esters is 1. The number of hydrogen-bond donors (Lipinski definition) is 2. The summed E-state index contributed by atoms with van der Waals surface area (Å²) >= 11 is 0. The van der Waals surface area contributed by atoms with Crippen LogP contribution in [-0.4, -0.2) is 40.4 Å². The first-order chi connectivity index (χ1) is 11.5. The third kappa shape index (κ3) is 5.93. The predicted octanol–water partition coefficient (Wildman–Crippen LogP) is 2.18. The van der Waals surface area contributed by atoms with Crippen LogP contribution >= 0.6 is 7.82 Å². The third-order valence-electron chi connectivity index (χ3n) is 3.37. The summed E-state index contributed by atoms with van der Waals surface area (Å²) in [6, 6.07) is 0. The molecule has 1 aliphatic heterocycles. The molecule has 1 rings (SSSR count). The summed E-state index contributed by atoms with van der Waals surface area (Å²) in [6.07, 6.45) is 6.44. The van der Waals surface area contributed by atoms with Crippen LogP contribution in [0.1, 0.15) is 33.6 Å². The quantitative estimate of drug-likeness (QED) is 0.287. The number of methoxy groups -OCH3 is 1. The number of ketones is 1. The van der Waals surface area contributed by atoms with E-state index in [-0.39, 0.29) is 17.8 Å². The van der Waals surface area contributed by atoms with Crippen molar-refractivity contribution in [1.29, 1.82) is 0 Å². The number of hydrogen-bond acceptors (Lipinski definition) is 6. The molecule has 0 saturated heterocycles. The lowest BCUT2D eigenvalue weighted by Gasteiger charge is -2.21. The highest BCUT2D eigenvalue weighted by molar-refractivity contribution is 7.46. The Morgan fingerprint density at radius 1 is 1.40 bits per heavy atom. The van der Waals surface area contributed by atoms with Gasteiger partial charge in [-0.2, -0.15) is 0 Å².